The number of benzene rings is 1. The summed E-state index contributed by atoms with van der Waals surface area (Å²) in [7, 11) is 0. The van der Waals surface area contributed by atoms with Crippen LogP contribution in [-0.2, 0) is 6.42 Å². The van der Waals surface area contributed by atoms with Crippen molar-refractivity contribution < 1.29 is 0 Å². The standard InChI is InChI=1S/C18H30ClN/c1-4-7-16(8-5-2)18(20-13-6-3)14-15-9-11-17(19)12-10-15/h9-12,16,18,20H,4-8,13-14H2,1-3H3. The maximum Gasteiger partial charge on any atom is 0.0406 e. The number of halogens is 1. The van der Waals surface area contributed by atoms with E-state index in [1.165, 1.54) is 37.7 Å². The molecule has 1 nitrogen and oxygen atoms in total. The second-order valence-corrected chi connectivity index (χ2v) is 6.17. The van der Waals surface area contributed by atoms with Crippen molar-refractivity contribution in [1.29, 1.82) is 0 Å². The van der Waals surface area contributed by atoms with Gasteiger partial charge in [0, 0.05) is 11.1 Å². The normalized spacial score (nSPS) is 12.8. The van der Waals surface area contributed by atoms with Crippen LogP contribution in [0.15, 0.2) is 24.3 Å². The summed E-state index contributed by atoms with van der Waals surface area (Å²) >= 11 is 5.98. The van der Waals surface area contributed by atoms with E-state index in [1.807, 2.05) is 12.1 Å². The highest BCUT2D eigenvalue weighted by Crippen LogP contribution is 2.22. The fourth-order valence-corrected chi connectivity index (χ4v) is 3.02. The first-order valence-corrected chi connectivity index (χ1v) is 8.56. The summed E-state index contributed by atoms with van der Waals surface area (Å²) in [5.74, 6) is 0.784. The zero-order valence-corrected chi connectivity index (χ0v) is 14.0. The summed E-state index contributed by atoms with van der Waals surface area (Å²) in [4.78, 5) is 0. The molecular formula is C18H30ClN. The molecule has 0 saturated carbocycles. The van der Waals surface area contributed by atoms with Crippen molar-refractivity contribution in [2.75, 3.05) is 6.54 Å². The third-order valence-corrected chi connectivity index (χ3v) is 4.17. The van der Waals surface area contributed by atoms with Crippen LogP contribution in [0.1, 0.15) is 58.4 Å². The summed E-state index contributed by atoms with van der Waals surface area (Å²) in [6.45, 7) is 7.94. The predicted molar refractivity (Wildman–Crippen MR) is 90.5 cm³/mol. The quantitative estimate of drug-likeness (QED) is 0.604. The van der Waals surface area contributed by atoms with E-state index in [0.717, 1.165) is 23.9 Å². The molecule has 1 unspecified atom stereocenters. The van der Waals surface area contributed by atoms with Crippen LogP contribution in [0, 0.1) is 5.92 Å². The molecule has 0 aliphatic rings. The first-order valence-electron chi connectivity index (χ1n) is 8.19. The van der Waals surface area contributed by atoms with Crippen molar-refractivity contribution in [3.63, 3.8) is 0 Å². The fraction of sp³-hybridized carbons (Fsp3) is 0.667. The largest absolute Gasteiger partial charge is 0.313 e. The van der Waals surface area contributed by atoms with Gasteiger partial charge in [-0.05, 0) is 55.8 Å². The molecule has 114 valence electrons. The molecule has 2 heteroatoms. The minimum absolute atomic E-state index is 0.594. The highest BCUT2D eigenvalue weighted by Gasteiger charge is 2.19. The number of hydrogen-bond donors (Lipinski definition) is 1. The van der Waals surface area contributed by atoms with E-state index < -0.39 is 0 Å². The molecule has 20 heavy (non-hydrogen) atoms. The molecule has 0 amide bonds. The van der Waals surface area contributed by atoms with E-state index in [9.17, 15) is 0 Å². The number of hydrogen-bond acceptors (Lipinski definition) is 1. The molecule has 1 aromatic carbocycles. The van der Waals surface area contributed by atoms with Crippen LogP contribution in [0.3, 0.4) is 0 Å². The molecule has 0 saturated heterocycles. The van der Waals surface area contributed by atoms with Gasteiger partial charge in [0.05, 0.1) is 0 Å². The lowest BCUT2D eigenvalue weighted by Gasteiger charge is -2.28. The van der Waals surface area contributed by atoms with Gasteiger partial charge in [0.1, 0.15) is 0 Å². The molecule has 0 aliphatic carbocycles. The van der Waals surface area contributed by atoms with Crippen molar-refractivity contribution in [3.8, 4) is 0 Å². The average Bonchev–Trinajstić information content (AvgIpc) is 2.45. The van der Waals surface area contributed by atoms with Crippen molar-refractivity contribution >= 4 is 11.6 Å². The Balaban J connectivity index is 2.72. The van der Waals surface area contributed by atoms with Gasteiger partial charge >= 0.3 is 0 Å². The van der Waals surface area contributed by atoms with Crippen molar-refractivity contribution in [2.24, 2.45) is 5.92 Å². The van der Waals surface area contributed by atoms with E-state index in [1.54, 1.807) is 0 Å². The van der Waals surface area contributed by atoms with Crippen LogP contribution < -0.4 is 5.32 Å². The van der Waals surface area contributed by atoms with E-state index in [4.69, 9.17) is 11.6 Å². The van der Waals surface area contributed by atoms with E-state index in [-0.39, 0.29) is 0 Å². The highest BCUT2D eigenvalue weighted by atomic mass is 35.5. The van der Waals surface area contributed by atoms with E-state index >= 15 is 0 Å². The Morgan fingerprint density at radius 1 is 0.950 bits per heavy atom. The molecule has 1 aromatic rings. The Bertz CT molecular complexity index is 341. The minimum atomic E-state index is 0.594. The monoisotopic (exact) mass is 295 g/mol. The van der Waals surface area contributed by atoms with Gasteiger partial charge in [0.15, 0.2) is 0 Å². The second-order valence-electron chi connectivity index (χ2n) is 5.73. The fourth-order valence-electron chi connectivity index (χ4n) is 2.90. The first kappa shape index (κ1) is 17.5. The third kappa shape index (κ3) is 6.28. The SMILES string of the molecule is CCCNC(Cc1ccc(Cl)cc1)C(CCC)CCC. The van der Waals surface area contributed by atoms with Crippen LogP contribution in [-0.4, -0.2) is 12.6 Å². The molecule has 1 atom stereocenters. The Morgan fingerprint density at radius 3 is 2.05 bits per heavy atom. The van der Waals surface area contributed by atoms with Crippen LogP contribution in [0.4, 0.5) is 0 Å². The van der Waals surface area contributed by atoms with Gasteiger partial charge in [-0.3, -0.25) is 0 Å². The molecule has 0 spiro atoms. The molecule has 0 bridgehead atoms. The van der Waals surface area contributed by atoms with Gasteiger partial charge in [-0.25, -0.2) is 0 Å². The molecule has 0 fully saturated rings. The summed E-state index contributed by atoms with van der Waals surface area (Å²) in [5.41, 5.74) is 1.39. The van der Waals surface area contributed by atoms with Crippen molar-refractivity contribution in [3.05, 3.63) is 34.9 Å². The Kier molecular flexibility index (Phi) is 8.97. The maximum atomic E-state index is 5.98. The smallest absolute Gasteiger partial charge is 0.0406 e. The molecule has 0 radical (unpaired) electrons. The zero-order chi connectivity index (χ0) is 14.8. The van der Waals surface area contributed by atoms with Crippen LogP contribution in [0.2, 0.25) is 5.02 Å². The first-order chi connectivity index (χ1) is 9.71. The number of nitrogens with one attached hydrogen (secondary N) is 1. The Morgan fingerprint density at radius 2 is 1.55 bits per heavy atom. The van der Waals surface area contributed by atoms with Gasteiger partial charge in [0.25, 0.3) is 0 Å². The summed E-state index contributed by atoms with van der Waals surface area (Å²) in [6, 6.07) is 8.93. The zero-order valence-electron chi connectivity index (χ0n) is 13.3. The van der Waals surface area contributed by atoms with Gasteiger partial charge in [-0.1, -0.05) is 57.3 Å². The predicted octanol–water partition coefficient (Wildman–Crippen LogP) is 5.47. The molecular weight excluding hydrogens is 266 g/mol. The number of rotatable bonds is 10. The van der Waals surface area contributed by atoms with Gasteiger partial charge in [0.2, 0.25) is 0 Å². The summed E-state index contributed by atoms with van der Waals surface area (Å²) in [6.07, 6.45) is 7.50. The molecule has 0 aromatic heterocycles. The molecule has 1 N–H and O–H groups in total. The van der Waals surface area contributed by atoms with Gasteiger partial charge in [-0.15, -0.1) is 0 Å². The maximum absolute atomic E-state index is 5.98. The summed E-state index contributed by atoms with van der Waals surface area (Å²) in [5, 5.41) is 4.59. The van der Waals surface area contributed by atoms with Gasteiger partial charge < -0.3 is 5.32 Å². The summed E-state index contributed by atoms with van der Waals surface area (Å²) < 4.78 is 0. The van der Waals surface area contributed by atoms with Crippen LogP contribution in [0.25, 0.3) is 0 Å². The topological polar surface area (TPSA) is 12.0 Å². The van der Waals surface area contributed by atoms with Crippen LogP contribution in [0.5, 0.6) is 0 Å². The van der Waals surface area contributed by atoms with Crippen molar-refractivity contribution in [1.82, 2.24) is 5.32 Å². The molecule has 1 rings (SSSR count). The van der Waals surface area contributed by atoms with E-state index in [2.05, 4.69) is 38.2 Å². The lowest BCUT2D eigenvalue weighted by Crippen LogP contribution is -2.38. The van der Waals surface area contributed by atoms with Crippen LogP contribution >= 0.6 is 11.6 Å². The lowest BCUT2D eigenvalue weighted by atomic mass is 9.86. The Hall–Kier alpha value is -0.530. The molecule has 0 heterocycles. The van der Waals surface area contributed by atoms with Crippen molar-refractivity contribution in [2.45, 2.75) is 65.3 Å². The van der Waals surface area contributed by atoms with Gasteiger partial charge in [-0.2, -0.15) is 0 Å². The second kappa shape index (κ2) is 10.2. The Labute approximate surface area is 130 Å². The lowest BCUT2D eigenvalue weighted by molar-refractivity contribution is 0.309. The molecule has 0 aliphatic heterocycles. The average molecular weight is 296 g/mol. The van der Waals surface area contributed by atoms with E-state index in [0.29, 0.717) is 6.04 Å². The highest BCUT2D eigenvalue weighted by molar-refractivity contribution is 6.30. The third-order valence-electron chi connectivity index (χ3n) is 3.91. The minimum Gasteiger partial charge on any atom is -0.313 e.